The molecule has 2 aromatic carbocycles. The quantitative estimate of drug-likeness (QED) is 0.694. The van der Waals surface area contributed by atoms with E-state index in [1.54, 1.807) is 16.7 Å². The molecule has 0 aliphatic rings. The van der Waals surface area contributed by atoms with Crippen LogP contribution >= 0.6 is 11.3 Å². The first-order chi connectivity index (χ1) is 11.0. The normalized spacial score (nSPS) is 11.7. The van der Waals surface area contributed by atoms with Gasteiger partial charge in [0.05, 0.1) is 5.69 Å². The Morgan fingerprint density at radius 3 is 2.35 bits per heavy atom. The van der Waals surface area contributed by atoms with Crippen molar-refractivity contribution in [2.45, 2.75) is 13.8 Å². The highest BCUT2D eigenvalue weighted by atomic mass is 32.1. The van der Waals surface area contributed by atoms with Gasteiger partial charge in [-0.25, -0.2) is 9.38 Å². The molecule has 0 N–H and O–H groups in total. The Morgan fingerprint density at radius 2 is 1.70 bits per heavy atom. The van der Waals surface area contributed by atoms with Crippen molar-refractivity contribution in [2.75, 3.05) is 0 Å². The van der Waals surface area contributed by atoms with E-state index in [1.165, 1.54) is 23.5 Å². The summed E-state index contributed by atoms with van der Waals surface area (Å²) in [5.41, 5.74) is 3.14. The zero-order valence-corrected chi connectivity index (χ0v) is 13.6. The van der Waals surface area contributed by atoms with Crippen molar-refractivity contribution in [3.8, 4) is 0 Å². The molecule has 0 amide bonds. The molecule has 3 aromatic rings. The van der Waals surface area contributed by atoms with Gasteiger partial charge < -0.3 is 0 Å². The van der Waals surface area contributed by atoms with Gasteiger partial charge in [0.1, 0.15) is 5.82 Å². The van der Waals surface area contributed by atoms with Crippen LogP contribution in [0.2, 0.25) is 0 Å². The van der Waals surface area contributed by atoms with E-state index in [0.29, 0.717) is 16.1 Å². The zero-order chi connectivity index (χ0) is 16.4. The van der Waals surface area contributed by atoms with Gasteiger partial charge in [0.2, 0.25) is 0 Å². The van der Waals surface area contributed by atoms with Crippen molar-refractivity contribution in [1.29, 1.82) is 0 Å². The smallest absolute Gasteiger partial charge is 0.264 e. The maximum Gasteiger partial charge on any atom is 0.264 e. The van der Waals surface area contributed by atoms with Gasteiger partial charge in [-0.15, -0.1) is 11.3 Å². The van der Waals surface area contributed by atoms with E-state index in [0.717, 1.165) is 11.3 Å². The predicted molar refractivity (Wildman–Crippen MR) is 89.6 cm³/mol. The number of carbonyl (C=O) groups excluding carboxylic acids is 1. The van der Waals surface area contributed by atoms with Crippen molar-refractivity contribution in [1.82, 2.24) is 4.57 Å². The standard InChI is InChI=1S/C18H15FN2OS/c1-12-3-5-14(6-4-12)17(22)21-13(2)11-23-18(21)20-16-9-7-15(19)8-10-16/h3-11H,1-2H3. The predicted octanol–water partition coefficient (Wildman–Crippen LogP) is 4.23. The number of hydrogen-bond donors (Lipinski definition) is 0. The van der Waals surface area contributed by atoms with Crippen LogP contribution in [0.15, 0.2) is 58.9 Å². The fraction of sp³-hybridized carbons (Fsp3) is 0.111. The molecule has 0 spiro atoms. The molecule has 0 aliphatic carbocycles. The minimum absolute atomic E-state index is 0.121. The largest absolute Gasteiger partial charge is 0.268 e. The van der Waals surface area contributed by atoms with E-state index < -0.39 is 0 Å². The molecule has 0 saturated heterocycles. The fourth-order valence-corrected chi connectivity index (χ4v) is 3.04. The zero-order valence-electron chi connectivity index (χ0n) is 12.8. The Morgan fingerprint density at radius 1 is 1.04 bits per heavy atom. The number of aryl methyl sites for hydroxylation is 2. The van der Waals surface area contributed by atoms with Crippen LogP contribution in [0.3, 0.4) is 0 Å². The molecule has 0 fully saturated rings. The first kappa shape index (κ1) is 15.4. The van der Waals surface area contributed by atoms with Gasteiger partial charge in [-0.05, 0) is 50.2 Å². The third-order valence-electron chi connectivity index (χ3n) is 3.43. The molecule has 0 atom stereocenters. The van der Waals surface area contributed by atoms with Gasteiger partial charge in [0.15, 0.2) is 4.80 Å². The second-order valence-corrected chi connectivity index (χ2v) is 6.09. The van der Waals surface area contributed by atoms with Crippen LogP contribution in [-0.4, -0.2) is 10.5 Å². The Hall–Kier alpha value is -2.53. The van der Waals surface area contributed by atoms with Crippen molar-refractivity contribution in [3.63, 3.8) is 0 Å². The number of benzene rings is 2. The Bertz CT molecular complexity index is 905. The summed E-state index contributed by atoms with van der Waals surface area (Å²) >= 11 is 1.38. The van der Waals surface area contributed by atoms with Gasteiger partial charge >= 0.3 is 0 Å². The highest BCUT2D eigenvalue weighted by molar-refractivity contribution is 7.07. The second-order valence-electron chi connectivity index (χ2n) is 5.25. The average Bonchev–Trinajstić information content (AvgIpc) is 2.90. The van der Waals surface area contributed by atoms with E-state index in [2.05, 4.69) is 4.99 Å². The second kappa shape index (κ2) is 6.30. The van der Waals surface area contributed by atoms with Gasteiger partial charge in [-0.1, -0.05) is 17.7 Å². The highest BCUT2D eigenvalue weighted by Crippen LogP contribution is 2.13. The minimum atomic E-state index is -0.310. The van der Waals surface area contributed by atoms with Crippen LogP contribution in [0.5, 0.6) is 0 Å². The monoisotopic (exact) mass is 326 g/mol. The van der Waals surface area contributed by atoms with Gasteiger partial charge in [-0.2, -0.15) is 0 Å². The van der Waals surface area contributed by atoms with Crippen LogP contribution in [0.4, 0.5) is 10.1 Å². The molecule has 116 valence electrons. The van der Waals surface area contributed by atoms with Crippen LogP contribution in [0, 0.1) is 19.7 Å². The number of thiazole rings is 1. The molecule has 0 radical (unpaired) electrons. The summed E-state index contributed by atoms with van der Waals surface area (Å²) in [5.74, 6) is -0.431. The molecule has 3 rings (SSSR count). The van der Waals surface area contributed by atoms with Gasteiger partial charge in [-0.3, -0.25) is 9.36 Å². The molecule has 0 bridgehead atoms. The Labute approximate surface area is 137 Å². The third kappa shape index (κ3) is 3.29. The summed E-state index contributed by atoms with van der Waals surface area (Å²) in [7, 11) is 0. The lowest BCUT2D eigenvalue weighted by Gasteiger charge is -2.05. The Balaban J connectivity index is 2.06. The van der Waals surface area contributed by atoms with Crippen LogP contribution in [-0.2, 0) is 0 Å². The van der Waals surface area contributed by atoms with E-state index >= 15 is 0 Å². The van der Waals surface area contributed by atoms with Crippen molar-refractivity contribution >= 4 is 22.9 Å². The summed E-state index contributed by atoms with van der Waals surface area (Å²) in [6.45, 7) is 3.85. The lowest BCUT2D eigenvalue weighted by atomic mass is 10.1. The van der Waals surface area contributed by atoms with E-state index in [-0.39, 0.29) is 11.7 Å². The lowest BCUT2D eigenvalue weighted by Crippen LogP contribution is -2.24. The summed E-state index contributed by atoms with van der Waals surface area (Å²) in [5, 5.41) is 1.88. The number of nitrogens with zero attached hydrogens (tertiary/aromatic N) is 2. The molecule has 5 heteroatoms. The molecule has 1 heterocycles. The maximum absolute atomic E-state index is 13.0. The van der Waals surface area contributed by atoms with E-state index in [9.17, 15) is 9.18 Å². The maximum atomic E-state index is 13.0. The van der Waals surface area contributed by atoms with E-state index in [1.807, 2.05) is 43.5 Å². The molecule has 0 aliphatic heterocycles. The summed E-state index contributed by atoms with van der Waals surface area (Å²) in [4.78, 5) is 17.8. The van der Waals surface area contributed by atoms with Crippen molar-refractivity contribution in [3.05, 3.63) is 81.4 Å². The fourth-order valence-electron chi connectivity index (χ4n) is 2.17. The topological polar surface area (TPSA) is 34.4 Å². The first-order valence-electron chi connectivity index (χ1n) is 7.13. The minimum Gasteiger partial charge on any atom is -0.268 e. The molecular weight excluding hydrogens is 311 g/mol. The van der Waals surface area contributed by atoms with Gasteiger partial charge in [0.25, 0.3) is 5.91 Å². The molecule has 23 heavy (non-hydrogen) atoms. The third-order valence-corrected chi connectivity index (χ3v) is 4.38. The van der Waals surface area contributed by atoms with Crippen LogP contribution in [0.1, 0.15) is 21.6 Å². The van der Waals surface area contributed by atoms with Crippen LogP contribution in [0.25, 0.3) is 0 Å². The number of aromatic nitrogens is 1. The summed E-state index contributed by atoms with van der Waals surface area (Å²) in [6.07, 6.45) is 0. The number of halogens is 1. The molecule has 1 aromatic heterocycles. The van der Waals surface area contributed by atoms with Gasteiger partial charge in [0, 0.05) is 16.6 Å². The first-order valence-corrected chi connectivity index (χ1v) is 8.01. The molecule has 0 saturated carbocycles. The summed E-state index contributed by atoms with van der Waals surface area (Å²) in [6, 6.07) is 13.3. The van der Waals surface area contributed by atoms with E-state index in [4.69, 9.17) is 0 Å². The molecular formula is C18H15FN2OS. The van der Waals surface area contributed by atoms with Crippen molar-refractivity contribution in [2.24, 2.45) is 4.99 Å². The van der Waals surface area contributed by atoms with Crippen molar-refractivity contribution < 1.29 is 9.18 Å². The highest BCUT2D eigenvalue weighted by Gasteiger charge is 2.13. The molecule has 3 nitrogen and oxygen atoms in total. The molecule has 0 unspecified atom stereocenters. The number of rotatable bonds is 2. The SMILES string of the molecule is Cc1ccc(C(=O)n2c(C)csc2=Nc2ccc(F)cc2)cc1. The van der Waals surface area contributed by atoms with Crippen LogP contribution < -0.4 is 4.80 Å². The number of carbonyl (C=O) groups is 1. The lowest BCUT2D eigenvalue weighted by molar-refractivity contribution is 0.0955. The number of hydrogen-bond acceptors (Lipinski definition) is 3. The summed E-state index contributed by atoms with van der Waals surface area (Å²) < 4.78 is 14.6. The Kier molecular flexibility index (Phi) is 4.21. The average molecular weight is 326 g/mol.